The number of hydrazone groups is 1. The third-order valence-corrected chi connectivity index (χ3v) is 5.43. The highest BCUT2D eigenvalue weighted by Gasteiger charge is 2.14. The Bertz CT molecular complexity index is 1220. The van der Waals surface area contributed by atoms with E-state index in [2.05, 4.69) is 15.8 Å². The van der Waals surface area contributed by atoms with Crippen LogP contribution in [0.3, 0.4) is 0 Å². The zero-order valence-corrected chi connectivity index (χ0v) is 20.5. The molecule has 8 nitrogen and oxygen atoms in total. The normalized spacial score (nSPS) is 10.6. The first kappa shape index (κ1) is 25.9. The highest BCUT2D eigenvalue weighted by atomic mass is 35.5. The van der Waals surface area contributed by atoms with Gasteiger partial charge in [-0.3, -0.25) is 9.59 Å². The third-order valence-electron chi connectivity index (χ3n) is 4.78. The third kappa shape index (κ3) is 7.37. The lowest BCUT2D eigenvalue weighted by Crippen LogP contribution is -2.37. The summed E-state index contributed by atoms with van der Waals surface area (Å²) < 4.78 is 16.3. The molecule has 3 aromatic rings. The number of nitrogens with zero attached hydrogens (tertiary/aromatic N) is 1. The molecule has 0 saturated carbocycles. The standard InChI is InChI=1S/C25H23Cl2N3O5/c1-33-19-9-7-16(8-10-19)13-28-24(31)25(32)30-29-14-17-11-21(27)23(22(12-17)34-2)35-15-18-5-3-4-6-20(18)26/h3-12,14H,13,15H2,1-2H3,(H,28,31)(H,30,32)/b29-14-. The molecule has 0 bridgehead atoms. The second-order valence-corrected chi connectivity index (χ2v) is 7.96. The highest BCUT2D eigenvalue weighted by molar-refractivity contribution is 6.35. The quantitative estimate of drug-likeness (QED) is 0.250. The molecule has 0 aliphatic rings. The van der Waals surface area contributed by atoms with Gasteiger partial charge in [0.1, 0.15) is 12.4 Å². The number of amides is 2. The minimum absolute atomic E-state index is 0.183. The van der Waals surface area contributed by atoms with E-state index in [-0.39, 0.29) is 18.2 Å². The van der Waals surface area contributed by atoms with E-state index in [0.29, 0.717) is 27.8 Å². The summed E-state index contributed by atoms with van der Waals surface area (Å²) in [6, 6.07) is 17.6. The van der Waals surface area contributed by atoms with Gasteiger partial charge in [0.25, 0.3) is 0 Å². The number of halogens is 2. The second-order valence-electron chi connectivity index (χ2n) is 7.14. The lowest BCUT2D eigenvalue weighted by atomic mass is 10.2. The van der Waals surface area contributed by atoms with E-state index in [1.165, 1.54) is 13.3 Å². The fourth-order valence-corrected chi connectivity index (χ4v) is 3.41. The van der Waals surface area contributed by atoms with Gasteiger partial charge < -0.3 is 19.5 Å². The van der Waals surface area contributed by atoms with Crippen molar-refractivity contribution in [3.63, 3.8) is 0 Å². The van der Waals surface area contributed by atoms with Gasteiger partial charge in [0.05, 0.1) is 25.5 Å². The number of hydrogen-bond donors (Lipinski definition) is 2. The molecule has 182 valence electrons. The number of nitrogens with one attached hydrogen (secondary N) is 2. The van der Waals surface area contributed by atoms with Crippen molar-refractivity contribution in [2.24, 2.45) is 5.10 Å². The number of ether oxygens (including phenoxy) is 3. The minimum atomic E-state index is -0.910. The summed E-state index contributed by atoms with van der Waals surface area (Å²) in [5.41, 5.74) is 4.31. The average molecular weight is 516 g/mol. The van der Waals surface area contributed by atoms with Crippen molar-refractivity contribution < 1.29 is 23.8 Å². The molecule has 2 N–H and O–H groups in total. The minimum Gasteiger partial charge on any atom is -0.497 e. The summed E-state index contributed by atoms with van der Waals surface area (Å²) in [6.45, 7) is 0.382. The molecule has 35 heavy (non-hydrogen) atoms. The van der Waals surface area contributed by atoms with Gasteiger partial charge in [-0.05, 0) is 41.5 Å². The predicted octanol–water partition coefficient (Wildman–Crippen LogP) is 4.36. The highest BCUT2D eigenvalue weighted by Crippen LogP contribution is 2.37. The fraction of sp³-hybridized carbons (Fsp3) is 0.160. The van der Waals surface area contributed by atoms with Gasteiger partial charge >= 0.3 is 11.8 Å². The second kappa shape index (κ2) is 12.6. The van der Waals surface area contributed by atoms with Crippen LogP contribution in [0.15, 0.2) is 65.8 Å². The van der Waals surface area contributed by atoms with Crippen molar-refractivity contribution in [1.82, 2.24) is 10.7 Å². The summed E-state index contributed by atoms with van der Waals surface area (Å²) >= 11 is 12.5. The largest absolute Gasteiger partial charge is 0.497 e. The van der Waals surface area contributed by atoms with E-state index < -0.39 is 11.8 Å². The Morgan fingerprint density at radius 2 is 1.69 bits per heavy atom. The van der Waals surface area contributed by atoms with Crippen molar-refractivity contribution in [1.29, 1.82) is 0 Å². The lowest BCUT2D eigenvalue weighted by Gasteiger charge is -2.14. The Labute approximate surface area is 212 Å². The Morgan fingerprint density at radius 3 is 2.37 bits per heavy atom. The number of methoxy groups -OCH3 is 2. The molecule has 0 aromatic heterocycles. The molecule has 0 fully saturated rings. The Balaban J connectivity index is 1.56. The number of carbonyl (C=O) groups is 2. The van der Waals surface area contributed by atoms with Crippen LogP contribution in [0.2, 0.25) is 10.0 Å². The molecule has 2 amide bonds. The zero-order valence-electron chi connectivity index (χ0n) is 19.0. The van der Waals surface area contributed by atoms with Crippen molar-refractivity contribution in [3.05, 3.63) is 87.4 Å². The molecular formula is C25H23Cl2N3O5. The first-order valence-electron chi connectivity index (χ1n) is 10.4. The van der Waals surface area contributed by atoms with Gasteiger partial charge in [0.15, 0.2) is 11.5 Å². The smallest absolute Gasteiger partial charge is 0.329 e. The maximum atomic E-state index is 12.0. The summed E-state index contributed by atoms with van der Waals surface area (Å²) in [5.74, 6) is -0.323. The van der Waals surface area contributed by atoms with E-state index in [1.54, 1.807) is 49.6 Å². The molecule has 0 radical (unpaired) electrons. The maximum absolute atomic E-state index is 12.0. The van der Waals surface area contributed by atoms with Gasteiger partial charge in [-0.15, -0.1) is 0 Å². The summed E-state index contributed by atoms with van der Waals surface area (Å²) in [7, 11) is 3.04. The first-order chi connectivity index (χ1) is 16.9. The Morgan fingerprint density at radius 1 is 0.943 bits per heavy atom. The molecule has 0 aliphatic heterocycles. The van der Waals surface area contributed by atoms with Gasteiger partial charge in [-0.25, -0.2) is 5.43 Å². The molecule has 0 saturated heterocycles. The summed E-state index contributed by atoms with van der Waals surface area (Å²) in [5, 5.41) is 7.19. The number of carbonyl (C=O) groups excluding carboxylic acids is 2. The van der Waals surface area contributed by atoms with Crippen LogP contribution in [-0.2, 0) is 22.7 Å². The summed E-state index contributed by atoms with van der Waals surface area (Å²) in [4.78, 5) is 24.0. The first-order valence-corrected chi connectivity index (χ1v) is 11.1. The van der Waals surface area contributed by atoms with Crippen LogP contribution in [0.5, 0.6) is 17.2 Å². The summed E-state index contributed by atoms with van der Waals surface area (Å²) in [6.07, 6.45) is 1.33. The van der Waals surface area contributed by atoms with Gasteiger partial charge in [0, 0.05) is 17.1 Å². The van der Waals surface area contributed by atoms with Crippen LogP contribution in [0.25, 0.3) is 0 Å². The maximum Gasteiger partial charge on any atom is 0.329 e. The number of hydrogen-bond acceptors (Lipinski definition) is 6. The van der Waals surface area contributed by atoms with Crippen LogP contribution in [0, 0.1) is 0 Å². The molecule has 0 heterocycles. The van der Waals surface area contributed by atoms with E-state index >= 15 is 0 Å². The van der Waals surface area contributed by atoms with E-state index in [4.69, 9.17) is 37.4 Å². The van der Waals surface area contributed by atoms with Crippen molar-refractivity contribution in [2.45, 2.75) is 13.2 Å². The monoisotopic (exact) mass is 515 g/mol. The van der Waals surface area contributed by atoms with Gasteiger partial charge in [0.2, 0.25) is 0 Å². The van der Waals surface area contributed by atoms with Crippen molar-refractivity contribution in [2.75, 3.05) is 14.2 Å². The van der Waals surface area contributed by atoms with E-state index in [9.17, 15) is 9.59 Å². The van der Waals surface area contributed by atoms with Crippen molar-refractivity contribution >= 4 is 41.2 Å². The molecule has 3 aromatic carbocycles. The topological polar surface area (TPSA) is 98.2 Å². The van der Waals surface area contributed by atoms with Gasteiger partial charge in [-0.1, -0.05) is 53.5 Å². The van der Waals surface area contributed by atoms with Crippen LogP contribution < -0.4 is 25.0 Å². The Kier molecular flexibility index (Phi) is 9.34. The van der Waals surface area contributed by atoms with Crippen LogP contribution in [-0.4, -0.2) is 32.2 Å². The molecule has 0 unspecified atom stereocenters. The van der Waals surface area contributed by atoms with Gasteiger partial charge in [-0.2, -0.15) is 5.10 Å². The Hall–Kier alpha value is -3.75. The van der Waals surface area contributed by atoms with Crippen LogP contribution >= 0.6 is 23.2 Å². The lowest BCUT2D eigenvalue weighted by molar-refractivity contribution is -0.139. The fourth-order valence-electron chi connectivity index (χ4n) is 2.94. The molecular weight excluding hydrogens is 493 g/mol. The zero-order chi connectivity index (χ0) is 25.2. The SMILES string of the molecule is COc1ccc(CNC(=O)C(=O)N/N=C\c2cc(Cl)c(OCc3ccccc3Cl)c(OC)c2)cc1. The molecule has 3 rings (SSSR count). The van der Waals surface area contributed by atoms with Crippen LogP contribution in [0.4, 0.5) is 0 Å². The average Bonchev–Trinajstić information content (AvgIpc) is 2.87. The molecule has 0 atom stereocenters. The van der Waals surface area contributed by atoms with E-state index in [0.717, 1.165) is 11.1 Å². The molecule has 10 heteroatoms. The predicted molar refractivity (Wildman–Crippen MR) is 134 cm³/mol. The number of rotatable bonds is 9. The van der Waals surface area contributed by atoms with Crippen LogP contribution in [0.1, 0.15) is 16.7 Å². The molecule has 0 spiro atoms. The van der Waals surface area contributed by atoms with Crippen molar-refractivity contribution in [3.8, 4) is 17.2 Å². The molecule has 0 aliphatic carbocycles. The van der Waals surface area contributed by atoms with E-state index in [1.807, 2.05) is 18.2 Å². The number of benzene rings is 3.